The molecule has 3 aromatic rings. The summed E-state index contributed by atoms with van der Waals surface area (Å²) in [5, 5.41) is 11.7. The fraction of sp³-hybridized carbons (Fsp3) is 0.211. The maximum Gasteiger partial charge on any atom is 0.230 e. The molecular formula is C19H19FN4OS. The van der Waals surface area contributed by atoms with Crippen molar-refractivity contribution < 1.29 is 9.18 Å². The Morgan fingerprint density at radius 1 is 1.08 bits per heavy atom. The van der Waals surface area contributed by atoms with Crippen LogP contribution in [0.1, 0.15) is 17.0 Å². The van der Waals surface area contributed by atoms with Crippen LogP contribution in [-0.2, 0) is 11.3 Å². The second-order valence-electron chi connectivity index (χ2n) is 5.89. The molecule has 0 atom stereocenters. The molecule has 1 N–H and O–H groups in total. The highest BCUT2D eigenvalue weighted by Gasteiger charge is 2.13. The number of carbonyl (C=O) groups excluding carboxylic acids is 1. The SMILES string of the molecule is Cc1ccc(CNC(=O)CSc2nnc(C)n2-c2ccc(F)cc2)cc1. The normalized spacial score (nSPS) is 10.7. The van der Waals surface area contributed by atoms with Crippen molar-refractivity contribution in [1.82, 2.24) is 20.1 Å². The van der Waals surface area contributed by atoms with E-state index in [-0.39, 0.29) is 17.5 Å². The summed E-state index contributed by atoms with van der Waals surface area (Å²) in [4.78, 5) is 12.1. The van der Waals surface area contributed by atoms with Crippen molar-refractivity contribution in [2.45, 2.75) is 25.5 Å². The lowest BCUT2D eigenvalue weighted by atomic mass is 10.1. The summed E-state index contributed by atoms with van der Waals surface area (Å²) < 4.78 is 14.9. The Balaban J connectivity index is 1.60. The second-order valence-corrected chi connectivity index (χ2v) is 6.84. The molecule has 0 saturated heterocycles. The van der Waals surface area contributed by atoms with E-state index in [0.717, 1.165) is 11.3 Å². The van der Waals surface area contributed by atoms with Gasteiger partial charge in [-0.25, -0.2) is 4.39 Å². The van der Waals surface area contributed by atoms with Crippen molar-refractivity contribution in [3.8, 4) is 5.69 Å². The smallest absolute Gasteiger partial charge is 0.230 e. The van der Waals surface area contributed by atoms with Gasteiger partial charge in [0.2, 0.25) is 5.91 Å². The summed E-state index contributed by atoms with van der Waals surface area (Å²) in [7, 11) is 0. The van der Waals surface area contributed by atoms with Crippen molar-refractivity contribution in [2.24, 2.45) is 0 Å². The van der Waals surface area contributed by atoms with Crippen LogP contribution in [0.2, 0.25) is 0 Å². The van der Waals surface area contributed by atoms with Gasteiger partial charge in [0.1, 0.15) is 11.6 Å². The minimum absolute atomic E-state index is 0.0816. The van der Waals surface area contributed by atoms with Crippen LogP contribution in [-0.4, -0.2) is 26.4 Å². The molecular weight excluding hydrogens is 351 g/mol. The zero-order valence-corrected chi connectivity index (χ0v) is 15.4. The Morgan fingerprint density at radius 2 is 1.77 bits per heavy atom. The van der Waals surface area contributed by atoms with Gasteiger partial charge in [-0.2, -0.15) is 0 Å². The fourth-order valence-corrected chi connectivity index (χ4v) is 3.24. The van der Waals surface area contributed by atoms with E-state index in [4.69, 9.17) is 0 Å². The molecule has 0 saturated carbocycles. The number of halogens is 1. The standard InChI is InChI=1S/C19H19FN4OS/c1-13-3-5-15(6-4-13)11-21-18(25)12-26-19-23-22-14(2)24(19)17-9-7-16(20)8-10-17/h3-10H,11-12H2,1-2H3,(H,21,25). The quantitative estimate of drug-likeness (QED) is 0.676. The van der Waals surface area contributed by atoms with Crippen LogP contribution in [0.5, 0.6) is 0 Å². The lowest BCUT2D eigenvalue weighted by molar-refractivity contribution is -0.118. The predicted molar refractivity (Wildman–Crippen MR) is 99.8 cm³/mol. The number of aryl methyl sites for hydroxylation is 2. The maximum atomic E-state index is 13.1. The number of carbonyl (C=O) groups is 1. The molecule has 2 aromatic carbocycles. The van der Waals surface area contributed by atoms with E-state index >= 15 is 0 Å². The first-order valence-electron chi connectivity index (χ1n) is 8.16. The highest BCUT2D eigenvalue weighted by Crippen LogP contribution is 2.21. The summed E-state index contributed by atoms with van der Waals surface area (Å²) in [6.45, 7) is 4.33. The number of amides is 1. The number of rotatable bonds is 6. The first-order chi connectivity index (χ1) is 12.5. The van der Waals surface area contributed by atoms with Gasteiger partial charge < -0.3 is 5.32 Å². The van der Waals surface area contributed by atoms with Gasteiger partial charge in [-0.3, -0.25) is 9.36 Å². The van der Waals surface area contributed by atoms with E-state index in [9.17, 15) is 9.18 Å². The number of thioether (sulfide) groups is 1. The molecule has 1 amide bonds. The van der Waals surface area contributed by atoms with Gasteiger partial charge in [-0.15, -0.1) is 10.2 Å². The largest absolute Gasteiger partial charge is 0.351 e. The van der Waals surface area contributed by atoms with Crippen LogP contribution < -0.4 is 5.32 Å². The Bertz CT molecular complexity index is 891. The zero-order valence-electron chi connectivity index (χ0n) is 14.6. The number of aromatic nitrogens is 3. The van der Waals surface area contributed by atoms with Gasteiger partial charge in [0, 0.05) is 12.2 Å². The van der Waals surface area contributed by atoms with Crippen molar-refractivity contribution >= 4 is 17.7 Å². The first kappa shape index (κ1) is 18.1. The van der Waals surface area contributed by atoms with E-state index in [1.54, 1.807) is 16.7 Å². The molecule has 1 aromatic heterocycles. The first-order valence-corrected chi connectivity index (χ1v) is 9.14. The van der Waals surface area contributed by atoms with Gasteiger partial charge in [0.15, 0.2) is 5.16 Å². The van der Waals surface area contributed by atoms with Crippen LogP contribution in [0.25, 0.3) is 5.69 Å². The lowest BCUT2D eigenvalue weighted by Gasteiger charge is -2.09. The minimum Gasteiger partial charge on any atom is -0.351 e. The highest BCUT2D eigenvalue weighted by atomic mass is 32.2. The third kappa shape index (κ3) is 4.49. The van der Waals surface area contributed by atoms with Gasteiger partial charge in [0.05, 0.1) is 5.75 Å². The van der Waals surface area contributed by atoms with E-state index in [1.807, 2.05) is 38.1 Å². The molecule has 0 aliphatic heterocycles. The van der Waals surface area contributed by atoms with Gasteiger partial charge in [0.25, 0.3) is 0 Å². The number of hydrogen-bond donors (Lipinski definition) is 1. The Hall–Kier alpha value is -2.67. The molecule has 26 heavy (non-hydrogen) atoms. The van der Waals surface area contributed by atoms with E-state index < -0.39 is 0 Å². The summed E-state index contributed by atoms with van der Waals surface area (Å²) in [5.41, 5.74) is 3.00. The van der Waals surface area contributed by atoms with Crippen molar-refractivity contribution in [1.29, 1.82) is 0 Å². The molecule has 0 aliphatic rings. The molecule has 0 radical (unpaired) electrons. The molecule has 0 fully saturated rings. The fourth-order valence-electron chi connectivity index (χ4n) is 2.41. The molecule has 0 spiro atoms. The third-order valence-electron chi connectivity index (χ3n) is 3.82. The van der Waals surface area contributed by atoms with E-state index in [0.29, 0.717) is 17.5 Å². The topological polar surface area (TPSA) is 59.8 Å². The third-order valence-corrected chi connectivity index (χ3v) is 4.75. The summed E-state index contributed by atoms with van der Waals surface area (Å²) in [6, 6.07) is 14.1. The van der Waals surface area contributed by atoms with Gasteiger partial charge in [-0.1, -0.05) is 41.6 Å². The van der Waals surface area contributed by atoms with Crippen molar-refractivity contribution in [3.63, 3.8) is 0 Å². The monoisotopic (exact) mass is 370 g/mol. The summed E-state index contributed by atoms with van der Waals surface area (Å²) in [6.07, 6.45) is 0. The number of nitrogens with one attached hydrogen (secondary N) is 1. The Kier molecular flexibility index (Phi) is 5.68. The van der Waals surface area contributed by atoms with Crippen molar-refractivity contribution in [3.05, 3.63) is 71.3 Å². The molecule has 1 heterocycles. The van der Waals surface area contributed by atoms with E-state index in [1.165, 1.54) is 29.5 Å². The molecule has 134 valence electrons. The molecule has 5 nitrogen and oxygen atoms in total. The molecule has 3 rings (SSSR count). The molecule has 7 heteroatoms. The predicted octanol–water partition coefficient (Wildman–Crippen LogP) is 3.43. The average molecular weight is 370 g/mol. The van der Waals surface area contributed by atoms with E-state index in [2.05, 4.69) is 15.5 Å². The summed E-state index contributed by atoms with van der Waals surface area (Å²) in [5.74, 6) is 0.524. The van der Waals surface area contributed by atoms with Crippen LogP contribution in [0.3, 0.4) is 0 Å². The second kappa shape index (κ2) is 8.14. The molecule has 0 bridgehead atoms. The maximum absolute atomic E-state index is 13.1. The summed E-state index contributed by atoms with van der Waals surface area (Å²) >= 11 is 1.30. The number of nitrogens with zero attached hydrogens (tertiary/aromatic N) is 3. The number of hydrogen-bond acceptors (Lipinski definition) is 4. The Labute approximate surface area is 155 Å². The van der Waals surface area contributed by atoms with Gasteiger partial charge in [-0.05, 0) is 43.7 Å². The van der Waals surface area contributed by atoms with Crippen LogP contribution in [0.4, 0.5) is 4.39 Å². The molecule has 0 unspecified atom stereocenters. The van der Waals surface area contributed by atoms with Crippen LogP contribution in [0.15, 0.2) is 53.7 Å². The minimum atomic E-state index is -0.302. The Morgan fingerprint density at radius 3 is 2.46 bits per heavy atom. The zero-order chi connectivity index (χ0) is 18.5. The van der Waals surface area contributed by atoms with Crippen LogP contribution in [0, 0.1) is 19.7 Å². The number of benzene rings is 2. The van der Waals surface area contributed by atoms with Crippen molar-refractivity contribution in [2.75, 3.05) is 5.75 Å². The van der Waals surface area contributed by atoms with Gasteiger partial charge >= 0.3 is 0 Å². The van der Waals surface area contributed by atoms with Crippen LogP contribution >= 0.6 is 11.8 Å². The molecule has 0 aliphatic carbocycles. The lowest BCUT2D eigenvalue weighted by Crippen LogP contribution is -2.24. The highest BCUT2D eigenvalue weighted by molar-refractivity contribution is 7.99. The average Bonchev–Trinajstić information content (AvgIpc) is 3.01.